The number of benzene rings is 1. The Balaban J connectivity index is 2.34. The summed E-state index contributed by atoms with van der Waals surface area (Å²) in [5.74, 6) is 0.560. The van der Waals surface area contributed by atoms with Crippen LogP contribution >= 0.6 is 0 Å². The molecule has 0 atom stereocenters. The van der Waals surface area contributed by atoms with Crippen LogP contribution in [-0.2, 0) is 12.6 Å². The van der Waals surface area contributed by atoms with E-state index in [4.69, 9.17) is 10.3 Å². The van der Waals surface area contributed by atoms with Crippen LogP contribution in [0.4, 0.5) is 13.2 Å². The number of alkyl halides is 3. The van der Waals surface area contributed by atoms with Gasteiger partial charge in [0.15, 0.2) is 0 Å². The minimum atomic E-state index is -4.36. The Morgan fingerprint density at radius 3 is 2.74 bits per heavy atom. The highest BCUT2D eigenvalue weighted by molar-refractivity contribution is 5.65. The van der Waals surface area contributed by atoms with E-state index in [0.717, 1.165) is 12.1 Å². The van der Waals surface area contributed by atoms with Crippen molar-refractivity contribution in [1.82, 2.24) is 5.16 Å². The molecule has 1 aromatic carbocycles. The summed E-state index contributed by atoms with van der Waals surface area (Å²) in [4.78, 5) is 0. The summed E-state index contributed by atoms with van der Waals surface area (Å²) < 4.78 is 43.0. The van der Waals surface area contributed by atoms with E-state index in [1.165, 1.54) is 12.3 Å². The van der Waals surface area contributed by atoms with E-state index in [-0.39, 0.29) is 0 Å². The largest absolute Gasteiger partial charge is 0.416 e. The number of halogens is 3. The Bertz CT molecular complexity index is 549. The van der Waals surface area contributed by atoms with Crippen LogP contribution < -0.4 is 5.73 Å². The molecule has 0 radical (unpaired) electrons. The number of rotatable bonds is 4. The summed E-state index contributed by atoms with van der Waals surface area (Å²) in [6, 6.07) is 5.11. The second-order valence-electron chi connectivity index (χ2n) is 4.13. The minimum Gasteiger partial charge on any atom is -0.361 e. The van der Waals surface area contributed by atoms with E-state index in [2.05, 4.69) is 5.16 Å². The molecule has 1 heterocycles. The number of hydrogen-bond donors (Lipinski definition) is 1. The maximum atomic E-state index is 12.7. The molecule has 0 unspecified atom stereocenters. The molecule has 0 aliphatic carbocycles. The number of hydrogen-bond acceptors (Lipinski definition) is 3. The molecular formula is C13H13F3N2O. The lowest BCUT2D eigenvalue weighted by molar-refractivity contribution is -0.137. The molecule has 19 heavy (non-hydrogen) atoms. The summed E-state index contributed by atoms with van der Waals surface area (Å²) in [7, 11) is 0. The molecule has 0 saturated carbocycles. The zero-order valence-electron chi connectivity index (χ0n) is 10.1. The van der Waals surface area contributed by atoms with Crippen molar-refractivity contribution in [3.8, 4) is 11.1 Å². The van der Waals surface area contributed by atoms with Gasteiger partial charge in [-0.05, 0) is 30.7 Å². The monoisotopic (exact) mass is 270 g/mol. The van der Waals surface area contributed by atoms with E-state index in [0.29, 0.717) is 36.3 Å². The van der Waals surface area contributed by atoms with Crippen molar-refractivity contribution in [2.45, 2.75) is 19.0 Å². The van der Waals surface area contributed by atoms with E-state index in [1.54, 1.807) is 6.07 Å². The molecular weight excluding hydrogens is 257 g/mol. The molecule has 3 nitrogen and oxygen atoms in total. The van der Waals surface area contributed by atoms with Crippen molar-refractivity contribution < 1.29 is 17.7 Å². The van der Waals surface area contributed by atoms with Crippen LogP contribution in [0.25, 0.3) is 11.1 Å². The molecule has 0 aliphatic heterocycles. The van der Waals surface area contributed by atoms with Gasteiger partial charge in [-0.15, -0.1) is 0 Å². The molecule has 1 aromatic heterocycles. The van der Waals surface area contributed by atoms with Gasteiger partial charge in [-0.25, -0.2) is 0 Å². The molecule has 0 spiro atoms. The fraction of sp³-hybridized carbons (Fsp3) is 0.308. The van der Waals surface area contributed by atoms with Crippen LogP contribution in [0, 0.1) is 0 Å². The van der Waals surface area contributed by atoms with Gasteiger partial charge in [0.25, 0.3) is 0 Å². The highest BCUT2D eigenvalue weighted by atomic mass is 19.4. The van der Waals surface area contributed by atoms with Crippen molar-refractivity contribution in [2.24, 2.45) is 5.73 Å². The van der Waals surface area contributed by atoms with Gasteiger partial charge in [-0.3, -0.25) is 0 Å². The van der Waals surface area contributed by atoms with Crippen molar-refractivity contribution in [1.29, 1.82) is 0 Å². The Morgan fingerprint density at radius 1 is 1.26 bits per heavy atom. The van der Waals surface area contributed by atoms with Gasteiger partial charge >= 0.3 is 6.18 Å². The van der Waals surface area contributed by atoms with Crippen molar-refractivity contribution in [3.63, 3.8) is 0 Å². The van der Waals surface area contributed by atoms with E-state index in [1.807, 2.05) is 0 Å². The topological polar surface area (TPSA) is 52.0 Å². The quantitative estimate of drug-likeness (QED) is 0.927. The van der Waals surface area contributed by atoms with Crippen molar-refractivity contribution >= 4 is 0 Å². The molecule has 2 N–H and O–H groups in total. The van der Waals surface area contributed by atoms with Gasteiger partial charge in [0.05, 0.1) is 11.8 Å². The molecule has 2 rings (SSSR count). The first-order valence-electron chi connectivity index (χ1n) is 5.83. The zero-order chi connectivity index (χ0) is 13.9. The summed E-state index contributed by atoms with van der Waals surface area (Å²) in [5, 5.41) is 3.65. The summed E-state index contributed by atoms with van der Waals surface area (Å²) in [6.45, 7) is 0.489. The molecule has 0 saturated heterocycles. The normalized spacial score (nSPS) is 11.8. The second kappa shape index (κ2) is 5.44. The zero-order valence-corrected chi connectivity index (χ0v) is 10.1. The fourth-order valence-corrected chi connectivity index (χ4v) is 1.81. The lowest BCUT2D eigenvalue weighted by Gasteiger charge is -2.08. The first-order chi connectivity index (χ1) is 9.02. The summed E-state index contributed by atoms with van der Waals surface area (Å²) in [6.07, 6.45) is -1.67. The van der Waals surface area contributed by atoms with E-state index in [9.17, 15) is 13.2 Å². The smallest absolute Gasteiger partial charge is 0.361 e. The first kappa shape index (κ1) is 13.6. The van der Waals surface area contributed by atoms with Crippen LogP contribution in [0.1, 0.15) is 17.7 Å². The van der Waals surface area contributed by atoms with Gasteiger partial charge in [0.2, 0.25) is 0 Å². The third kappa shape index (κ3) is 3.14. The number of nitrogens with two attached hydrogens (primary N) is 1. The molecule has 0 amide bonds. The Labute approximate surface area is 108 Å². The predicted octanol–water partition coefficient (Wildman–Crippen LogP) is 3.25. The van der Waals surface area contributed by atoms with Crippen LogP contribution in [-0.4, -0.2) is 11.7 Å². The standard InChI is InChI=1S/C13H13F3N2O/c14-13(15,16)10-4-1-3-9(7-10)11-8-18-19-12(11)5-2-6-17/h1,3-4,7-8H,2,5-6,17H2. The van der Waals surface area contributed by atoms with Crippen molar-refractivity contribution in [2.75, 3.05) is 6.54 Å². The van der Waals surface area contributed by atoms with Gasteiger partial charge in [-0.2, -0.15) is 13.2 Å². The van der Waals surface area contributed by atoms with Gasteiger partial charge in [0.1, 0.15) is 5.76 Å². The highest BCUT2D eigenvalue weighted by Crippen LogP contribution is 2.33. The maximum Gasteiger partial charge on any atom is 0.416 e. The predicted molar refractivity (Wildman–Crippen MR) is 64.3 cm³/mol. The van der Waals surface area contributed by atoms with Crippen molar-refractivity contribution in [3.05, 3.63) is 41.8 Å². The van der Waals surface area contributed by atoms with Crippen LogP contribution in [0.3, 0.4) is 0 Å². The third-order valence-corrected chi connectivity index (χ3v) is 2.75. The van der Waals surface area contributed by atoms with E-state index < -0.39 is 11.7 Å². The molecule has 0 aliphatic rings. The fourth-order valence-electron chi connectivity index (χ4n) is 1.81. The van der Waals surface area contributed by atoms with Crippen LogP contribution in [0.15, 0.2) is 35.0 Å². The van der Waals surface area contributed by atoms with E-state index >= 15 is 0 Å². The molecule has 2 aromatic rings. The average molecular weight is 270 g/mol. The minimum absolute atomic E-state index is 0.447. The van der Waals surface area contributed by atoms with Gasteiger partial charge < -0.3 is 10.3 Å². The lowest BCUT2D eigenvalue weighted by atomic mass is 10.0. The molecule has 102 valence electrons. The molecule has 0 bridgehead atoms. The van der Waals surface area contributed by atoms with Crippen LogP contribution in [0.5, 0.6) is 0 Å². The second-order valence-corrected chi connectivity index (χ2v) is 4.13. The first-order valence-corrected chi connectivity index (χ1v) is 5.83. The Morgan fingerprint density at radius 2 is 2.05 bits per heavy atom. The summed E-state index contributed by atoms with van der Waals surface area (Å²) in [5.41, 5.74) is 5.75. The third-order valence-electron chi connectivity index (χ3n) is 2.75. The Hall–Kier alpha value is -1.82. The molecule has 0 fully saturated rings. The van der Waals surface area contributed by atoms with Gasteiger partial charge in [-0.1, -0.05) is 17.3 Å². The SMILES string of the molecule is NCCCc1oncc1-c1cccc(C(F)(F)F)c1. The number of nitrogens with zero attached hydrogens (tertiary/aromatic N) is 1. The number of aryl methyl sites for hydroxylation is 1. The highest BCUT2D eigenvalue weighted by Gasteiger charge is 2.30. The number of aromatic nitrogens is 1. The lowest BCUT2D eigenvalue weighted by Crippen LogP contribution is -2.04. The maximum absolute atomic E-state index is 12.7. The Kier molecular flexibility index (Phi) is 3.90. The average Bonchev–Trinajstić information content (AvgIpc) is 2.83. The van der Waals surface area contributed by atoms with Crippen LogP contribution in [0.2, 0.25) is 0 Å². The summed E-state index contributed by atoms with van der Waals surface area (Å²) >= 11 is 0. The molecule has 6 heteroatoms. The van der Waals surface area contributed by atoms with Gasteiger partial charge in [0, 0.05) is 12.0 Å².